The van der Waals surface area contributed by atoms with E-state index >= 15 is 0 Å². The number of likely N-dealkylation sites (tertiary alicyclic amines) is 1. The molecule has 2 aliphatic rings. The number of fused-ring (bicyclic) bond motifs is 3. The molecule has 0 aliphatic carbocycles. The molecular formula is C17H19N3O3. The van der Waals surface area contributed by atoms with E-state index in [0.717, 1.165) is 47.4 Å². The molecule has 2 N–H and O–H groups in total. The first-order valence-electron chi connectivity index (χ1n) is 7.81. The molecular weight excluding hydrogens is 294 g/mol. The normalized spacial score (nSPS) is 23.2. The van der Waals surface area contributed by atoms with Crippen LogP contribution in [0.15, 0.2) is 24.4 Å². The molecule has 0 bridgehead atoms. The minimum absolute atomic E-state index is 0.0331. The molecule has 120 valence electrons. The molecule has 0 radical (unpaired) electrons. The second-order valence-electron chi connectivity index (χ2n) is 6.14. The molecule has 3 heterocycles. The molecule has 6 heteroatoms. The van der Waals surface area contributed by atoms with Gasteiger partial charge in [0.25, 0.3) is 0 Å². The van der Waals surface area contributed by atoms with Crippen LogP contribution in [0.5, 0.6) is 11.5 Å². The number of ether oxygens (including phenoxy) is 2. The highest BCUT2D eigenvalue weighted by Crippen LogP contribution is 2.37. The molecule has 23 heavy (non-hydrogen) atoms. The van der Waals surface area contributed by atoms with Crippen LogP contribution >= 0.6 is 0 Å². The van der Waals surface area contributed by atoms with E-state index in [4.69, 9.17) is 15.2 Å². The largest absolute Gasteiger partial charge is 0.497 e. The molecule has 1 saturated heterocycles. The van der Waals surface area contributed by atoms with Crippen LogP contribution in [0.1, 0.15) is 12.0 Å². The first-order chi connectivity index (χ1) is 11.2. The fraction of sp³-hybridized carbons (Fsp3) is 0.412. The first-order valence-corrected chi connectivity index (χ1v) is 7.81. The van der Waals surface area contributed by atoms with Crippen LogP contribution < -0.4 is 15.2 Å². The van der Waals surface area contributed by atoms with E-state index in [1.165, 1.54) is 0 Å². The first kappa shape index (κ1) is 14.3. The van der Waals surface area contributed by atoms with E-state index in [2.05, 4.69) is 9.88 Å². The zero-order chi connectivity index (χ0) is 16.0. The van der Waals surface area contributed by atoms with Crippen molar-refractivity contribution in [2.75, 3.05) is 20.2 Å². The Hall–Kier alpha value is -2.34. The minimum atomic E-state index is -0.247. The SMILES string of the molecule is COc1ccc2ncc3c(c2c1)OC(CN1CCC1C(N)=O)C3. The van der Waals surface area contributed by atoms with E-state index in [1.807, 2.05) is 24.4 Å². The Morgan fingerprint density at radius 1 is 1.52 bits per heavy atom. The average Bonchev–Trinajstić information content (AvgIpc) is 2.93. The van der Waals surface area contributed by atoms with Gasteiger partial charge in [0.05, 0.1) is 18.7 Å². The van der Waals surface area contributed by atoms with Crippen molar-refractivity contribution in [3.63, 3.8) is 0 Å². The van der Waals surface area contributed by atoms with Crippen LogP contribution in [0.4, 0.5) is 0 Å². The number of methoxy groups -OCH3 is 1. The number of carbonyl (C=O) groups excluding carboxylic acids is 1. The fourth-order valence-electron chi connectivity index (χ4n) is 3.40. The van der Waals surface area contributed by atoms with Gasteiger partial charge in [-0.3, -0.25) is 14.7 Å². The van der Waals surface area contributed by atoms with Crippen molar-refractivity contribution >= 4 is 16.8 Å². The van der Waals surface area contributed by atoms with Gasteiger partial charge in [0.1, 0.15) is 17.6 Å². The number of nitrogens with two attached hydrogens (primary N) is 1. The van der Waals surface area contributed by atoms with Crippen LogP contribution in [-0.4, -0.2) is 48.1 Å². The maximum absolute atomic E-state index is 11.3. The Bertz CT molecular complexity index is 777. The van der Waals surface area contributed by atoms with Gasteiger partial charge in [-0.1, -0.05) is 0 Å². The zero-order valence-electron chi connectivity index (χ0n) is 13.0. The predicted molar refractivity (Wildman–Crippen MR) is 85.6 cm³/mol. The Labute approximate surface area is 134 Å². The van der Waals surface area contributed by atoms with E-state index in [-0.39, 0.29) is 18.1 Å². The van der Waals surface area contributed by atoms with Gasteiger partial charge >= 0.3 is 0 Å². The third kappa shape index (κ3) is 2.39. The Morgan fingerprint density at radius 2 is 2.39 bits per heavy atom. The summed E-state index contributed by atoms with van der Waals surface area (Å²) in [5.74, 6) is 1.43. The topological polar surface area (TPSA) is 77.7 Å². The van der Waals surface area contributed by atoms with Crippen LogP contribution in [0.3, 0.4) is 0 Å². The molecule has 2 aromatic rings. The van der Waals surface area contributed by atoms with Crippen molar-refractivity contribution in [1.29, 1.82) is 0 Å². The van der Waals surface area contributed by atoms with E-state index in [9.17, 15) is 4.79 Å². The molecule has 1 fully saturated rings. The second-order valence-corrected chi connectivity index (χ2v) is 6.14. The van der Waals surface area contributed by atoms with Crippen molar-refractivity contribution in [3.8, 4) is 11.5 Å². The number of nitrogens with zero attached hydrogens (tertiary/aromatic N) is 2. The molecule has 4 rings (SSSR count). The maximum atomic E-state index is 11.3. The molecule has 2 atom stereocenters. The van der Waals surface area contributed by atoms with Crippen molar-refractivity contribution in [3.05, 3.63) is 30.0 Å². The predicted octanol–water partition coefficient (Wildman–Crippen LogP) is 1.11. The van der Waals surface area contributed by atoms with Crippen LogP contribution in [-0.2, 0) is 11.2 Å². The minimum Gasteiger partial charge on any atom is -0.497 e. The highest BCUT2D eigenvalue weighted by Gasteiger charge is 2.36. The Balaban J connectivity index is 1.57. The summed E-state index contributed by atoms with van der Waals surface area (Å²) in [5, 5.41) is 0.972. The summed E-state index contributed by atoms with van der Waals surface area (Å²) in [7, 11) is 1.65. The second kappa shape index (κ2) is 5.38. The third-order valence-electron chi connectivity index (χ3n) is 4.73. The number of amides is 1. The van der Waals surface area contributed by atoms with Crippen molar-refractivity contribution < 1.29 is 14.3 Å². The summed E-state index contributed by atoms with van der Waals surface area (Å²) in [5.41, 5.74) is 7.40. The van der Waals surface area contributed by atoms with Gasteiger partial charge in [0.15, 0.2) is 0 Å². The van der Waals surface area contributed by atoms with Crippen LogP contribution in [0, 0.1) is 0 Å². The standard InChI is InChI=1S/C17H19N3O3/c1-22-11-2-3-14-13(7-11)16-10(8-19-14)6-12(23-16)9-20-5-4-15(20)17(18)21/h2-3,7-8,12,15H,4-6,9H2,1H3,(H2,18,21). The number of hydrogen-bond acceptors (Lipinski definition) is 5. The summed E-state index contributed by atoms with van der Waals surface area (Å²) in [6, 6.07) is 5.65. The lowest BCUT2D eigenvalue weighted by molar-refractivity contribution is -0.128. The number of rotatable bonds is 4. The summed E-state index contributed by atoms with van der Waals surface area (Å²) >= 11 is 0. The molecule has 0 spiro atoms. The monoisotopic (exact) mass is 313 g/mol. The molecule has 6 nitrogen and oxygen atoms in total. The van der Waals surface area contributed by atoms with Gasteiger partial charge in [0, 0.05) is 36.7 Å². The lowest BCUT2D eigenvalue weighted by atomic mass is 10.0. The van der Waals surface area contributed by atoms with Gasteiger partial charge in [-0.05, 0) is 24.6 Å². The zero-order valence-corrected chi connectivity index (χ0v) is 13.0. The smallest absolute Gasteiger partial charge is 0.234 e. The van der Waals surface area contributed by atoms with Crippen molar-refractivity contribution in [2.45, 2.75) is 25.0 Å². The Kier molecular flexibility index (Phi) is 3.34. The summed E-state index contributed by atoms with van der Waals surface area (Å²) < 4.78 is 11.5. The molecule has 1 aromatic carbocycles. The summed E-state index contributed by atoms with van der Waals surface area (Å²) in [6.45, 7) is 1.62. The van der Waals surface area contributed by atoms with Crippen molar-refractivity contribution in [2.24, 2.45) is 5.73 Å². The van der Waals surface area contributed by atoms with Gasteiger partial charge in [-0.2, -0.15) is 0 Å². The summed E-state index contributed by atoms with van der Waals surface area (Å²) in [4.78, 5) is 17.9. The number of hydrogen-bond donors (Lipinski definition) is 1. The summed E-state index contributed by atoms with van der Waals surface area (Å²) in [6.07, 6.45) is 3.56. The van der Waals surface area contributed by atoms with Gasteiger partial charge in [-0.15, -0.1) is 0 Å². The fourth-order valence-corrected chi connectivity index (χ4v) is 3.40. The van der Waals surface area contributed by atoms with Gasteiger partial charge in [-0.25, -0.2) is 0 Å². The lowest BCUT2D eigenvalue weighted by Gasteiger charge is -2.39. The molecule has 0 saturated carbocycles. The number of benzene rings is 1. The number of aromatic nitrogens is 1. The average molecular weight is 313 g/mol. The van der Waals surface area contributed by atoms with E-state index < -0.39 is 0 Å². The number of pyridine rings is 1. The van der Waals surface area contributed by atoms with Gasteiger partial charge in [0.2, 0.25) is 5.91 Å². The highest BCUT2D eigenvalue weighted by atomic mass is 16.5. The lowest BCUT2D eigenvalue weighted by Crippen LogP contribution is -2.57. The molecule has 1 amide bonds. The van der Waals surface area contributed by atoms with E-state index in [1.54, 1.807) is 7.11 Å². The molecule has 1 aromatic heterocycles. The number of carbonyl (C=O) groups is 1. The highest BCUT2D eigenvalue weighted by molar-refractivity contribution is 5.88. The van der Waals surface area contributed by atoms with Gasteiger partial charge < -0.3 is 15.2 Å². The van der Waals surface area contributed by atoms with E-state index in [0.29, 0.717) is 6.54 Å². The van der Waals surface area contributed by atoms with Crippen LogP contribution in [0.2, 0.25) is 0 Å². The quantitative estimate of drug-likeness (QED) is 0.915. The maximum Gasteiger partial charge on any atom is 0.234 e. The number of primary amides is 1. The van der Waals surface area contributed by atoms with Crippen molar-refractivity contribution in [1.82, 2.24) is 9.88 Å². The Morgan fingerprint density at radius 3 is 3.09 bits per heavy atom. The van der Waals surface area contributed by atoms with Crippen LogP contribution in [0.25, 0.3) is 10.9 Å². The third-order valence-corrected chi connectivity index (χ3v) is 4.73. The molecule has 2 unspecified atom stereocenters. The molecule has 2 aliphatic heterocycles.